The molecule has 0 aliphatic carbocycles. The number of aromatic nitrogens is 3. The fourth-order valence-corrected chi connectivity index (χ4v) is 2.90. The minimum Gasteiger partial charge on any atom is -0.476 e. The number of hydrogen-bond acceptors (Lipinski definition) is 4. The summed E-state index contributed by atoms with van der Waals surface area (Å²) in [6.45, 7) is -0.189. The van der Waals surface area contributed by atoms with Crippen molar-refractivity contribution in [2.75, 3.05) is 0 Å². The Bertz CT molecular complexity index is 622. The minimum absolute atomic E-state index is 0.189. The fourth-order valence-electron chi connectivity index (χ4n) is 1.43. The number of aromatic carboxylic acids is 1. The highest BCUT2D eigenvalue weighted by molar-refractivity contribution is 9.11. The highest BCUT2D eigenvalue weighted by atomic mass is 79.9. The van der Waals surface area contributed by atoms with Crippen LogP contribution in [-0.4, -0.2) is 26.1 Å². The van der Waals surface area contributed by atoms with Crippen LogP contribution in [0.2, 0.25) is 0 Å². The lowest BCUT2D eigenvalue weighted by Crippen LogP contribution is -2.18. The van der Waals surface area contributed by atoms with Crippen LogP contribution in [0.1, 0.15) is 21.1 Å². The lowest BCUT2D eigenvalue weighted by atomic mass is 10.3. The molecule has 2 aromatic heterocycles. The van der Waals surface area contributed by atoms with Gasteiger partial charge in [-0.15, -0.1) is 16.4 Å². The van der Waals surface area contributed by atoms with Gasteiger partial charge in [0.25, 0.3) is 0 Å². The van der Waals surface area contributed by atoms with Crippen LogP contribution in [0.25, 0.3) is 0 Å². The van der Waals surface area contributed by atoms with Gasteiger partial charge in [0.15, 0.2) is 5.69 Å². The lowest BCUT2D eigenvalue weighted by molar-refractivity contribution is -0.144. The molecular weight excluding hydrogens is 351 g/mol. The first kappa shape index (κ1) is 14.0. The highest BCUT2D eigenvalue weighted by Crippen LogP contribution is 2.32. The van der Waals surface area contributed by atoms with E-state index in [1.807, 2.05) is 0 Å². The summed E-state index contributed by atoms with van der Waals surface area (Å²) in [4.78, 5) is 11.3. The number of hydrogen-bond donors (Lipinski definition) is 1. The molecule has 0 bridgehead atoms. The second kappa shape index (κ2) is 4.93. The van der Waals surface area contributed by atoms with Crippen molar-refractivity contribution in [1.82, 2.24) is 15.0 Å². The number of carboxylic acid groups (broad SMARTS) is 1. The second-order valence-electron chi connectivity index (χ2n) is 3.45. The quantitative estimate of drug-likeness (QED) is 0.919. The predicted molar refractivity (Wildman–Crippen MR) is 63.1 cm³/mol. The zero-order valence-corrected chi connectivity index (χ0v) is 11.4. The molecule has 19 heavy (non-hydrogen) atoms. The first-order valence-electron chi connectivity index (χ1n) is 4.77. The Labute approximate surface area is 116 Å². The zero-order valence-electron chi connectivity index (χ0n) is 8.98. The minimum atomic E-state index is -4.83. The monoisotopic (exact) mass is 355 g/mol. The van der Waals surface area contributed by atoms with Gasteiger partial charge in [-0.25, -0.2) is 9.48 Å². The molecule has 2 heterocycles. The third-order valence-electron chi connectivity index (χ3n) is 2.14. The molecule has 0 spiro atoms. The maximum absolute atomic E-state index is 12.8. The first-order chi connectivity index (χ1) is 8.79. The van der Waals surface area contributed by atoms with Crippen molar-refractivity contribution in [2.24, 2.45) is 0 Å². The number of carbonyl (C=O) groups is 1. The van der Waals surface area contributed by atoms with Gasteiger partial charge >= 0.3 is 12.1 Å². The Balaban J connectivity index is 2.43. The standard InChI is InChI=1S/C9H5BrF3N3O2S/c10-5-2-1-4(19-5)3-16-7(9(11,12)13)6(8(17)18)14-15-16/h1-2H,3H2,(H,17,18). The normalized spacial score (nSPS) is 11.8. The van der Waals surface area contributed by atoms with Crippen molar-refractivity contribution in [3.8, 4) is 0 Å². The van der Waals surface area contributed by atoms with Gasteiger partial charge in [-0.2, -0.15) is 13.2 Å². The molecule has 0 saturated heterocycles. The molecule has 10 heteroatoms. The third-order valence-corrected chi connectivity index (χ3v) is 3.75. The summed E-state index contributed by atoms with van der Waals surface area (Å²) in [5, 5.41) is 15.0. The summed E-state index contributed by atoms with van der Waals surface area (Å²) in [6, 6.07) is 3.30. The zero-order chi connectivity index (χ0) is 14.2. The maximum atomic E-state index is 12.8. The molecular formula is C9H5BrF3N3O2S. The molecule has 0 aromatic carbocycles. The van der Waals surface area contributed by atoms with Gasteiger partial charge in [-0.1, -0.05) is 5.21 Å². The SMILES string of the molecule is O=C(O)c1nnn(Cc2ccc(Br)s2)c1C(F)(F)F. The number of carboxylic acids is 1. The second-order valence-corrected chi connectivity index (χ2v) is 6.00. The summed E-state index contributed by atoms with van der Waals surface area (Å²) >= 11 is 4.42. The van der Waals surface area contributed by atoms with E-state index in [4.69, 9.17) is 5.11 Å². The van der Waals surface area contributed by atoms with E-state index < -0.39 is 23.5 Å². The fraction of sp³-hybridized carbons (Fsp3) is 0.222. The first-order valence-corrected chi connectivity index (χ1v) is 6.38. The molecule has 0 aliphatic rings. The molecule has 5 nitrogen and oxygen atoms in total. The van der Waals surface area contributed by atoms with Gasteiger partial charge in [0.05, 0.1) is 10.3 Å². The van der Waals surface area contributed by atoms with Gasteiger partial charge in [-0.05, 0) is 28.1 Å². The smallest absolute Gasteiger partial charge is 0.435 e. The molecule has 0 aliphatic heterocycles. The summed E-state index contributed by atoms with van der Waals surface area (Å²) < 4.78 is 39.8. The molecule has 0 saturated carbocycles. The van der Waals surface area contributed by atoms with Crippen LogP contribution >= 0.6 is 27.3 Å². The lowest BCUT2D eigenvalue weighted by Gasteiger charge is -2.09. The Morgan fingerprint density at radius 2 is 2.16 bits per heavy atom. The van der Waals surface area contributed by atoms with Crippen molar-refractivity contribution >= 4 is 33.2 Å². The van der Waals surface area contributed by atoms with Crippen molar-refractivity contribution in [3.63, 3.8) is 0 Å². The molecule has 1 N–H and O–H groups in total. The molecule has 0 atom stereocenters. The van der Waals surface area contributed by atoms with Crippen molar-refractivity contribution in [2.45, 2.75) is 12.7 Å². The molecule has 2 aromatic rings. The third kappa shape index (κ3) is 2.95. The number of nitrogens with zero attached hydrogens (tertiary/aromatic N) is 3. The van der Waals surface area contributed by atoms with Crippen LogP contribution in [0, 0.1) is 0 Å². The largest absolute Gasteiger partial charge is 0.476 e. The summed E-state index contributed by atoms with van der Waals surface area (Å²) in [7, 11) is 0. The maximum Gasteiger partial charge on any atom is 0.435 e. The number of alkyl halides is 3. The van der Waals surface area contributed by atoms with Gasteiger partial charge in [-0.3, -0.25) is 0 Å². The predicted octanol–water partition coefficient (Wildman–Crippen LogP) is 2.87. The summed E-state index contributed by atoms with van der Waals surface area (Å²) in [5.74, 6) is -1.76. The molecule has 0 amide bonds. The Hall–Kier alpha value is -1.42. The topological polar surface area (TPSA) is 68.0 Å². The summed E-state index contributed by atoms with van der Waals surface area (Å²) in [5.41, 5.74) is -2.45. The average molecular weight is 356 g/mol. The number of halogens is 4. The Kier molecular flexibility index (Phi) is 3.63. The van der Waals surface area contributed by atoms with Gasteiger partial charge in [0, 0.05) is 4.88 Å². The molecule has 0 fully saturated rings. The van der Waals surface area contributed by atoms with E-state index in [0.29, 0.717) is 9.56 Å². The van der Waals surface area contributed by atoms with Gasteiger partial charge in [0.2, 0.25) is 5.69 Å². The van der Waals surface area contributed by atoms with Crippen LogP contribution in [0.3, 0.4) is 0 Å². The summed E-state index contributed by atoms with van der Waals surface area (Å²) in [6.07, 6.45) is -4.83. The van der Waals surface area contributed by atoms with Crippen LogP contribution in [0.5, 0.6) is 0 Å². The van der Waals surface area contributed by atoms with Crippen molar-refractivity contribution in [1.29, 1.82) is 0 Å². The van der Waals surface area contributed by atoms with E-state index >= 15 is 0 Å². The van der Waals surface area contributed by atoms with Gasteiger partial charge in [0.1, 0.15) is 0 Å². The van der Waals surface area contributed by atoms with Crippen molar-refractivity contribution < 1.29 is 23.1 Å². The van der Waals surface area contributed by atoms with E-state index in [-0.39, 0.29) is 6.54 Å². The van der Waals surface area contributed by atoms with Crippen LogP contribution in [0.4, 0.5) is 13.2 Å². The van der Waals surface area contributed by atoms with E-state index in [0.717, 1.165) is 3.79 Å². The van der Waals surface area contributed by atoms with Crippen LogP contribution in [0.15, 0.2) is 15.9 Å². The van der Waals surface area contributed by atoms with Gasteiger partial charge < -0.3 is 5.11 Å². The average Bonchev–Trinajstić information content (AvgIpc) is 2.84. The van der Waals surface area contributed by atoms with E-state index in [1.165, 1.54) is 11.3 Å². The molecule has 102 valence electrons. The van der Waals surface area contributed by atoms with Crippen LogP contribution in [-0.2, 0) is 12.7 Å². The number of rotatable bonds is 3. The number of thiophene rings is 1. The Morgan fingerprint density at radius 1 is 1.47 bits per heavy atom. The van der Waals surface area contributed by atoms with Crippen molar-refractivity contribution in [3.05, 3.63) is 32.2 Å². The highest BCUT2D eigenvalue weighted by Gasteiger charge is 2.41. The molecule has 0 unspecified atom stereocenters. The Morgan fingerprint density at radius 3 is 2.63 bits per heavy atom. The molecule has 2 rings (SSSR count). The van der Waals surface area contributed by atoms with E-state index in [2.05, 4.69) is 26.2 Å². The van der Waals surface area contributed by atoms with E-state index in [9.17, 15) is 18.0 Å². The molecule has 0 radical (unpaired) electrons. The van der Waals surface area contributed by atoms with Crippen LogP contribution < -0.4 is 0 Å². The van der Waals surface area contributed by atoms with E-state index in [1.54, 1.807) is 12.1 Å².